The average molecular weight is 294 g/mol. The molecule has 1 aliphatic rings. The van der Waals surface area contributed by atoms with Crippen LogP contribution in [0.3, 0.4) is 0 Å². The number of carbonyl (C=O) groups is 1. The zero-order valence-electron chi connectivity index (χ0n) is 13.1. The Morgan fingerprint density at radius 2 is 1.64 bits per heavy atom. The van der Waals surface area contributed by atoms with E-state index in [1.54, 1.807) is 0 Å². The van der Waals surface area contributed by atoms with Gasteiger partial charge < -0.3 is 10.2 Å². The van der Waals surface area contributed by atoms with Crippen molar-refractivity contribution < 1.29 is 4.79 Å². The topological polar surface area (TPSA) is 32.3 Å². The number of piperazine rings is 1. The SMILES string of the molecule is CC1NCCN(C(=O)c2ccc(-c3ccccc3)cc2)C1C. The molecule has 1 aliphatic heterocycles. The van der Waals surface area contributed by atoms with Gasteiger partial charge in [0.1, 0.15) is 0 Å². The first-order chi connectivity index (χ1) is 10.7. The summed E-state index contributed by atoms with van der Waals surface area (Å²) in [5.74, 6) is 0.125. The van der Waals surface area contributed by atoms with Gasteiger partial charge in [-0.25, -0.2) is 0 Å². The van der Waals surface area contributed by atoms with Crippen LogP contribution >= 0.6 is 0 Å². The van der Waals surface area contributed by atoms with E-state index in [2.05, 4.69) is 31.3 Å². The summed E-state index contributed by atoms with van der Waals surface area (Å²) in [5, 5.41) is 3.40. The molecule has 1 fully saturated rings. The van der Waals surface area contributed by atoms with Crippen LogP contribution in [0, 0.1) is 0 Å². The van der Waals surface area contributed by atoms with Gasteiger partial charge in [0.2, 0.25) is 0 Å². The number of hydrogen-bond donors (Lipinski definition) is 1. The molecule has 1 amide bonds. The molecule has 0 aliphatic carbocycles. The van der Waals surface area contributed by atoms with Crippen molar-refractivity contribution >= 4 is 5.91 Å². The molecule has 2 aromatic rings. The predicted octanol–water partition coefficient (Wildman–Crippen LogP) is 3.18. The number of benzene rings is 2. The molecule has 2 atom stereocenters. The van der Waals surface area contributed by atoms with E-state index in [0.717, 1.165) is 24.2 Å². The summed E-state index contributed by atoms with van der Waals surface area (Å²) in [5.41, 5.74) is 3.07. The third-order valence-electron chi connectivity index (χ3n) is 4.53. The second-order valence-electron chi connectivity index (χ2n) is 5.93. The lowest BCUT2D eigenvalue weighted by atomic mass is 10.0. The van der Waals surface area contributed by atoms with Crippen molar-refractivity contribution in [1.82, 2.24) is 10.2 Å². The first-order valence-electron chi connectivity index (χ1n) is 7.86. The Hall–Kier alpha value is -2.13. The van der Waals surface area contributed by atoms with Crippen LogP contribution in [0.2, 0.25) is 0 Å². The third kappa shape index (κ3) is 2.90. The zero-order chi connectivity index (χ0) is 15.5. The largest absolute Gasteiger partial charge is 0.333 e. The highest BCUT2D eigenvalue weighted by molar-refractivity contribution is 5.95. The second-order valence-corrected chi connectivity index (χ2v) is 5.93. The fraction of sp³-hybridized carbons (Fsp3) is 0.316. The number of nitrogens with zero attached hydrogens (tertiary/aromatic N) is 1. The lowest BCUT2D eigenvalue weighted by molar-refractivity contribution is 0.0603. The predicted molar refractivity (Wildman–Crippen MR) is 89.8 cm³/mol. The highest BCUT2D eigenvalue weighted by Gasteiger charge is 2.28. The van der Waals surface area contributed by atoms with Crippen LogP contribution in [-0.4, -0.2) is 36.0 Å². The maximum atomic E-state index is 12.7. The number of amides is 1. The summed E-state index contributed by atoms with van der Waals surface area (Å²) < 4.78 is 0. The van der Waals surface area contributed by atoms with E-state index in [1.807, 2.05) is 47.4 Å². The van der Waals surface area contributed by atoms with E-state index in [9.17, 15) is 4.79 Å². The molecular weight excluding hydrogens is 272 g/mol. The minimum absolute atomic E-state index is 0.125. The Labute approximate surface area is 132 Å². The van der Waals surface area contributed by atoms with E-state index in [4.69, 9.17) is 0 Å². The molecule has 2 unspecified atom stereocenters. The average Bonchev–Trinajstić information content (AvgIpc) is 2.58. The van der Waals surface area contributed by atoms with E-state index in [-0.39, 0.29) is 11.9 Å². The van der Waals surface area contributed by atoms with Gasteiger partial charge in [-0.2, -0.15) is 0 Å². The summed E-state index contributed by atoms with van der Waals surface area (Å²) in [6.07, 6.45) is 0. The van der Waals surface area contributed by atoms with E-state index in [0.29, 0.717) is 6.04 Å². The molecule has 3 rings (SSSR count). The molecule has 3 nitrogen and oxygen atoms in total. The lowest BCUT2D eigenvalue weighted by Crippen LogP contribution is -2.57. The third-order valence-corrected chi connectivity index (χ3v) is 4.53. The molecule has 1 N–H and O–H groups in total. The molecule has 0 spiro atoms. The molecule has 0 bridgehead atoms. The Morgan fingerprint density at radius 3 is 2.32 bits per heavy atom. The lowest BCUT2D eigenvalue weighted by Gasteiger charge is -2.38. The molecule has 0 saturated carbocycles. The van der Waals surface area contributed by atoms with Gasteiger partial charge in [-0.05, 0) is 37.1 Å². The minimum atomic E-state index is 0.125. The maximum absolute atomic E-state index is 12.7. The van der Waals surface area contributed by atoms with Crippen LogP contribution in [0.25, 0.3) is 11.1 Å². The van der Waals surface area contributed by atoms with Gasteiger partial charge in [0.15, 0.2) is 0 Å². The first kappa shape index (κ1) is 14.8. The van der Waals surface area contributed by atoms with E-state index in [1.165, 1.54) is 5.56 Å². The highest BCUT2D eigenvalue weighted by atomic mass is 16.2. The second kappa shape index (κ2) is 6.32. The molecule has 1 heterocycles. The standard InChI is InChI=1S/C19H22N2O/c1-14-15(2)21(13-12-20-14)19(22)18-10-8-17(9-11-18)16-6-4-3-5-7-16/h3-11,14-15,20H,12-13H2,1-2H3. The van der Waals surface area contributed by atoms with Gasteiger partial charge in [0, 0.05) is 30.7 Å². The van der Waals surface area contributed by atoms with Crippen LogP contribution < -0.4 is 5.32 Å². The molecule has 1 saturated heterocycles. The Bertz CT molecular complexity index is 636. The van der Waals surface area contributed by atoms with Crippen molar-refractivity contribution in [2.24, 2.45) is 0 Å². The summed E-state index contributed by atoms with van der Waals surface area (Å²) in [4.78, 5) is 14.7. The maximum Gasteiger partial charge on any atom is 0.254 e. The Kier molecular flexibility index (Phi) is 4.25. The smallest absolute Gasteiger partial charge is 0.254 e. The van der Waals surface area contributed by atoms with Crippen molar-refractivity contribution in [2.75, 3.05) is 13.1 Å². The van der Waals surface area contributed by atoms with Crippen LogP contribution in [0.4, 0.5) is 0 Å². The van der Waals surface area contributed by atoms with Crippen LogP contribution in [0.1, 0.15) is 24.2 Å². The van der Waals surface area contributed by atoms with Crippen molar-refractivity contribution in [3.63, 3.8) is 0 Å². The van der Waals surface area contributed by atoms with E-state index < -0.39 is 0 Å². The summed E-state index contributed by atoms with van der Waals surface area (Å²) in [6, 6.07) is 18.7. The molecular formula is C19H22N2O. The van der Waals surface area contributed by atoms with Crippen LogP contribution in [0.5, 0.6) is 0 Å². The quantitative estimate of drug-likeness (QED) is 0.922. The number of carbonyl (C=O) groups excluding carboxylic acids is 1. The number of rotatable bonds is 2. The minimum Gasteiger partial charge on any atom is -0.333 e. The summed E-state index contributed by atoms with van der Waals surface area (Å²) >= 11 is 0. The summed E-state index contributed by atoms with van der Waals surface area (Å²) in [7, 11) is 0. The highest BCUT2D eigenvalue weighted by Crippen LogP contribution is 2.21. The molecule has 2 aromatic carbocycles. The van der Waals surface area contributed by atoms with Gasteiger partial charge in [-0.1, -0.05) is 42.5 Å². The van der Waals surface area contributed by atoms with Gasteiger partial charge >= 0.3 is 0 Å². The van der Waals surface area contributed by atoms with Gasteiger partial charge in [-0.15, -0.1) is 0 Å². The van der Waals surface area contributed by atoms with E-state index >= 15 is 0 Å². The van der Waals surface area contributed by atoms with Crippen LogP contribution in [0.15, 0.2) is 54.6 Å². The first-order valence-corrected chi connectivity index (χ1v) is 7.86. The molecule has 22 heavy (non-hydrogen) atoms. The molecule has 0 radical (unpaired) electrons. The molecule has 3 heteroatoms. The van der Waals surface area contributed by atoms with Crippen LogP contribution in [-0.2, 0) is 0 Å². The number of nitrogens with one attached hydrogen (secondary N) is 1. The van der Waals surface area contributed by atoms with Crippen molar-refractivity contribution in [3.8, 4) is 11.1 Å². The normalized spacial score (nSPS) is 21.6. The van der Waals surface area contributed by atoms with Crippen molar-refractivity contribution in [1.29, 1.82) is 0 Å². The van der Waals surface area contributed by atoms with Crippen molar-refractivity contribution in [3.05, 3.63) is 60.2 Å². The fourth-order valence-electron chi connectivity index (χ4n) is 2.94. The Morgan fingerprint density at radius 1 is 1.00 bits per heavy atom. The fourth-order valence-corrected chi connectivity index (χ4v) is 2.94. The zero-order valence-corrected chi connectivity index (χ0v) is 13.1. The van der Waals surface area contributed by atoms with Gasteiger partial charge in [-0.3, -0.25) is 4.79 Å². The van der Waals surface area contributed by atoms with Gasteiger partial charge in [0.05, 0.1) is 0 Å². The summed E-state index contributed by atoms with van der Waals surface area (Å²) in [6.45, 7) is 5.86. The number of hydrogen-bond acceptors (Lipinski definition) is 2. The van der Waals surface area contributed by atoms with Crippen molar-refractivity contribution in [2.45, 2.75) is 25.9 Å². The van der Waals surface area contributed by atoms with Gasteiger partial charge in [0.25, 0.3) is 5.91 Å². The molecule has 114 valence electrons. The Balaban J connectivity index is 1.79. The molecule has 0 aromatic heterocycles. The monoisotopic (exact) mass is 294 g/mol.